The largest absolute Gasteiger partial charge is 0.375 e. The fourth-order valence-electron chi connectivity index (χ4n) is 2.04. The van der Waals surface area contributed by atoms with Crippen LogP contribution in [0.5, 0.6) is 0 Å². The highest BCUT2D eigenvalue weighted by Gasteiger charge is 2.22. The maximum Gasteiger partial charge on any atom is 0.319 e. The number of benzene rings is 1. The first-order valence-corrected chi connectivity index (χ1v) is 7.02. The molecule has 6 nitrogen and oxygen atoms in total. The van der Waals surface area contributed by atoms with Gasteiger partial charge in [0.05, 0.1) is 15.1 Å². The molecule has 0 aliphatic carbocycles. The zero-order chi connectivity index (χ0) is 13.8. The Morgan fingerprint density at radius 2 is 2.37 bits per heavy atom. The molecule has 3 N–H and O–H groups in total. The molecule has 0 radical (unpaired) electrons. The second-order valence-corrected chi connectivity index (χ2v) is 5.17. The third kappa shape index (κ3) is 2.82. The van der Waals surface area contributed by atoms with Crippen LogP contribution >= 0.6 is 11.3 Å². The Labute approximate surface area is 114 Å². The zero-order valence-corrected chi connectivity index (χ0v) is 11.4. The van der Waals surface area contributed by atoms with Crippen molar-refractivity contribution in [3.05, 3.63) is 27.8 Å². The summed E-state index contributed by atoms with van der Waals surface area (Å²) in [6.45, 7) is 2.50. The number of hydrogen-bond donors (Lipinski definition) is 2. The fraction of sp³-hybridized carbons (Fsp3) is 0.417. The summed E-state index contributed by atoms with van der Waals surface area (Å²) in [5, 5.41) is 14.4. The standard InChI is InChI=1S/C12H16N4O2S/c1-2-3-8(6-13)15-9-4-5-10-11(14-7-19-10)12(9)16(17)18/h4-5,7-8,15H,2-3,6,13H2,1H3. The molecule has 1 aromatic carbocycles. The number of thiazole rings is 1. The summed E-state index contributed by atoms with van der Waals surface area (Å²) in [6, 6.07) is 3.62. The molecule has 2 rings (SSSR count). The fourth-order valence-corrected chi connectivity index (χ4v) is 2.71. The first kappa shape index (κ1) is 13.7. The van der Waals surface area contributed by atoms with Crippen molar-refractivity contribution >= 4 is 32.9 Å². The highest BCUT2D eigenvalue weighted by Crippen LogP contribution is 2.34. The molecule has 0 saturated heterocycles. The van der Waals surface area contributed by atoms with Crippen molar-refractivity contribution in [3.63, 3.8) is 0 Å². The van der Waals surface area contributed by atoms with Gasteiger partial charge in [-0.3, -0.25) is 10.1 Å². The first-order valence-electron chi connectivity index (χ1n) is 6.14. The highest BCUT2D eigenvalue weighted by molar-refractivity contribution is 7.16. The van der Waals surface area contributed by atoms with Gasteiger partial charge in [0.25, 0.3) is 0 Å². The molecular formula is C12H16N4O2S. The number of hydrogen-bond acceptors (Lipinski definition) is 6. The predicted octanol–water partition coefficient (Wildman–Crippen LogP) is 2.74. The quantitative estimate of drug-likeness (QED) is 0.626. The van der Waals surface area contributed by atoms with E-state index in [0.717, 1.165) is 17.5 Å². The van der Waals surface area contributed by atoms with E-state index in [9.17, 15) is 10.1 Å². The normalized spacial score (nSPS) is 12.5. The van der Waals surface area contributed by atoms with Gasteiger partial charge >= 0.3 is 5.69 Å². The van der Waals surface area contributed by atoms with Gasteiger partial charge in [-0.05, 0) is 18.6 Å². The van der Waals surface area contributed by atoms with E-state index < -0.39 is 0 Å². The van der Waals surface area contributed by atoms with Gasteiger partial charge in [-0.1, -0.05) is 13.3 Å². The van der Waals surface area contributed by atoms with Crippen LogP contribution in [0.2, 0.25) is 0 Å². The monoisotopic (exact) mass is 280 g/mol. The summed E-state index contributed by atoms with van der Waals surface area (Å²) in [7, 11) is 0. The third-order valence-corrected chi connectivity index (χ3v) is 3.73. The minimum Gasteiger partial charge on any atom is -0.375 e. The molecule has 1 atom stereocenters. The van der Waals surface area contributed by atoms with E-state index in [1.165, 1.54) is 11.3 Å². The Morgan fingerprint density at radius 1 is 1.58 bits per heavy atom. The number of nitro benzene ring substituents is 1. The van der Waals surface area contributed by atoms with Crippen molar-refractivity contribution in [2.24, 2.45) is 5.73 Å². The Morgan fingerprint density at radius 3 is 3.00 bits per heavy atom. The molecule has 1 unspecified atom stereocenters. The van der Waals surface area contributed by atoms with Crippen LogP contribution in [0, 0.1) is 10.1 Å². The van der Waals surface area contributed by atoms with Crippen LogP contribution in [0.25, 0.3) is 10.2 Å². The Kier molecular flexibility index (Phi) is 4.28. The lowest BCUT2D eigenvalue weighted by Gasteiger charge is -2.17. The molecule has 102 valence electrons. The van der Waals surface area contributed by atoms with Gasteiger partial charge in [-0.25, -0.2) is 4.98 Å². The van der Waals surface area contributed by atoms with Gasteiger partial charge in [-0.15, -0.1) is 11.3 Å². The van der Waals surface area contributed by atoms with Crippen LogP contribution in [0.15, 0.2) is 17.6 Å². The second-order valence-electron chi connectivity index (χ2n) is 4.28. The number of nitrogens with two attached hydrogens (primary N) is 1. The molecule has 1 aromatic heterocycles. The predicted molar refractivity (Wildman–Crippen MR) is 77.6 cm³/mol. The molecule has 0 bridgehead atoms. The molecule has 2 aromatic rings. The van der Waals surface area contributed by atoms with E-state index in [2.05, 4.69) is 17.2 Å². The van der Waals surface area contributed by atoms with E-state index in [4.69, 9.17) is 5.73 Å². The maximum absolute atomic E-state index is 11.3. The number of nitrogens with zero attached hydrogens (tertiary/aromatic N) is 2. The highest BCUT2D eigenvalue weighted by atomic mass is 32.1. The van der Waals surface area contributed by atoms with Gasteiger partial charge in [0.2, 0.25) is 0 Å². The molecule has 19 heavy (non-hydrogen) atoms. The molecule has 0 aliphatic rings. The summed E-state index contributed by atoms with van der Waals surface area (Å²) >= 11 is 1.39. The topological polar surface area (TPSA) is 94.1 Å². The van der Waals surface area contributed by atoms with Gasteiger partial charge in [0, 0.05) is 12.6 Å². The number of aromatic nitrogens is 1. The van der Waals surface area contributed by atoms with E-state index in [1.54, 1.807) is 11.6 Å². The lowest BCUT2D eigenvalue weighted by molar-refractivity contribution is -0.382. The Balaban J connectivity index is 2.41. The van der Waals surface area contributed by atoms with Gasteiger partial charge in [0.1, 0.15) is 5.69 Å². The van der Waals surface area contributed by atoms with E-state index in [0.29, 0.717) is 17.7 Å². The molecule has 0 fully saturated rings. The van der Waals surface area contributed by atoms with Crippen LogP contribution < -0.4 is 11.1 Å². The SMILES string of the molecule is CCCC(CN)Nc1ccc2scnc2c1[N+](=O)[O-]. The Bertz CT molecular complexity index is 584. The second kappa shape index (κ2) is 5.94. The summed E-state index contributed by atoms with van der Waals surface area (Å²) in [5.74, 6) is 0. The average molecular weight is 280 g/mol. The minimum atomic E-state index is -0.385. The van der Waals surface area contributed by atoms with Crippen LogP contribution in [-0.4, -0.2) is 22.5 Å². The molecular weight excluding hydrogens is 264 g/mol. The summed E-state index contributed by atoms with van der Waals surface area (Å²) < 4.78 is 0.817. The first-order chi connectivity index (χ1) is 9.17. The van der Waals surface area contributed by atoms with Crippen molar-refractivity contribution in [2.45, 2.75) is 25.8 Å². The smallest absolute Gasteiger partial charge is 0.319 e. The van der Waals surface area contributed by atoms with Crippen LogP contribution in [0.1, 0.15) is 19.8 Å². The van der Waals surface area contributed by atoms with Gasteiger partial charge < -0.3 is 11.1 Å². The zero-order valence-electron chi connectivity index (χ0n) is 10.6. The lowest BCUT2D eigenvalue weighted by atomic mass is 10.1. The summed E-state index contributed by atoms with van der Waals surface area (Å²) in [6.07, 6.45) is 1.85. The molecule has 1 heterocycles. The number of nitro groups is 1. The number of rotatable bonds is 6. The van der Waals surface area contributed by atoms with Crippen molar-refractivity contribution in [2.75, 3.05) is 11.9 Å². The van der Waals surface area contributed by atoms with E-state index in [1.807, 2.05) is 6.07 Å². The van der Waals surface area contributed by atoms with Crippen LogP contribution in [0.4, 0.5) is 11.4 Å². The molecule has 7 heteroatoms. The maximum atomic E-state index is 11.3. The van der Waals surface area contributed by atoms with Gasteiger partial charge in [-0.2, -0.15) is 0 Å². The average Bonchev–Trinajstić information content (AvgIpc) is 2.85. The van der Waals surface area contributed by atoms with Crippen molar-refractivity contribution in [1.29, 1.82) is 0 Å². The molecule has 0 amide bonds. The summed E-state index contributed by atoms with van der Waals surface area (Å²) in [4.78, 5) is 15.0. The number of nitrogens with one attached hydrogen (secondary N) is 1. The van der Waals surface area contributed by atoms with Gasteiger partial charge in [0.15, 0.2) is 5.52 Å². The number of anilines is 1. The van der Waals surface area contributed by atoms with E-state index >= 15 is 0 Å². The van der Waals surface area contributed by atoms with Crippen LogP contribution in [0.3, 0.4) is 0 Å². The lowest BCUT2D eigenvalue weighted by Crippen LogP contribution is -2.28. The Hall–Kier alpha value is -1.73. The minimum absolute atomic E-state index is 0.0355. The molecule has 0 spiro atoms. The third-order valence-electron chi connectivity index (χ3n) is 2.94. The van der Waals surface area contributed by atoms with Crippen molar-refractivity contribution in [1.82, 2.24) is 4.98 Å². The number of fused-ring (bicyclic) bond motifs is 1. The summed E-state index contributed by atoms with van der Waals surface area (Å²) in [5.41, 5.74) is 8.26. The van der Waals surface area contributed by atoms with Crippen molar-refractivity contribution < 1.29 is 4.92 Å². The molecule has 0 saturated carbocycles. The van der Waals surface area contributed by atoms with Crippen molar-refractivity contribution in [3.8, 4) is 0 Å². The molecule has 0 aliphatic heterocycles. The van der Waals surface area contributed by atoms with E-state index in [-0.39, 0.29) is 16.7 Å². The van der Waals surface area contributed by atoms with Crippen LogP contribution in [-0.2, 0) is 0 Å².